The average molecular weight is 387 g/mol. The lowest BCUT2D eigenvalue weighted by Crippen LogP contribution is -2.15. The summed E-state index contributed by atoms with van der Waals surface area (Å²) in [4.78, 5) is 23.8. The number of hydrogen-bond acceptors (Lipinski definition) is 10. The Morgan fingerprint density at radius 3 is 2.39 bits per heavy atom. The predicted octanol–water partition coefficient (Wildman–Crippen LogP) is 3.17. The Balaban J connectivity index is 1.94. The second-order valence-electron chi connectivity index (χ2n) is 3.94. The average Bonchev–Trinajstić information content (AvgIpc) is 3.31. The Bertz CT molecular complexity index is 758. The Labute approximate surface area is 148 Å². The topological polar surface area (TPSA) is 83.3 Å². The third-order valence-corrected chi connectivity index (χ3v) is 7.66. The highest BCUT2D eigenvalue weighted by molar-refractivity contribution is 8.35. The van der Waals surface area contributed by atoms with E-state index in [1.165, 1.54) is 46.7 Å². The van der Waals surface area contributed by atoms with Gasteiger partial charge in [0.25, 0.3) is 0 Å². The molecule has 0 aliphatic carbocycles. The van der Waals surface area contributed by atoms with Crippen LogP contribution in [0.15, 0.2) is 24.7 Å². The molecule has 0 fully saturated rings. The van der Waals surface area contributed by atoms with Crippen molar-refractivity contribution in [3.63, 3.8) is 0 Å². The number of methoxy groups -OCH3 is 2. The lowest BCUT2D eigenvalue weighted by molar-refractivity contribution is 0.0546. The molecule has 11 heteroatoms. The second-order valence-corrected chi connectivity index (χ2v) is 8.20. The van der Waals surface area contributed by atoms with E-state index in [4.69, 9.17) is 4.74 Å². The number of thioether (sulfide) groups is 4. The van der Waals surface area contributed by atoms with Crippen molar-refractivity contribution in [1.82, 2.24) is 15.0 Å². The molecule has 1 aromatic rings. The molecule has 0 unspecified atom stereocenters. The maximum atomic E-state index is 12.0. The number of aromatic nitrogens is 3. The first-order valence-corrected chi connectivity index (χ1v) is 9.51. The van der Waals surface area contributed by atoms with E-state index in [1.54, 1.807) is 23.5 Å². The van der Waals surface area contributed by atoms with Crippen LogP contribution in [0.2, 0.25) is 0 Å². The zero-order valence-corrected chi connectivity index (χ0v) is 15.1. The van der Waals surface area contributed by atoms with Crippen LogP contribution in [-0.2, 0) is 9.47 Å². The number of rotatable bonds is 3. The molecule has 2 aliphatic heterocycles. The van der Waals surface area contributed by atoms with E-state index >= 15 is 0 Å². The number of carbonyl (C=O) groups excluding carboxylic acids is 2. The Kier molecular flexibility index (Phi) is 5.09. The van der Waals surface area contributed by atoms with Gasteiger partial charge in [0.1, 0.15) is 5.03 Å². The lowest BCUT2D eigenvalue weighted by Gasteiger charge is -2.06. The van der Waals surface area contributed by atoms with Crippen molar-refractivity contribution in [2.45, 2.75) is 0 Å². The van der Waals surface area contributed by atoms with Crippen molar-refractivity contribution in [3.05, 3.63) is 36.1 Å². The van der Waals surface area contributed by atoms with Crippen LogP contribution < -0.4 is 0 Å². The van der Waals surface area contributed by atoms with Gasteiger partial charge in [-0.25, -0.2) is 9.59 Å². The molecule has 0 radical (unpaired) electrons. The van der Waals surface area contributed by atoms with Crippen molar-refractivity contribution in [3.8, 4) is 0 Å². The smallest absolute Gasteiger partial charge is 0.361 e. The molecule has 7 nitrogen and oxygen atoms in total. The van der Waals surface area contributed by atoms with Crippen LogP contribution in [0.4, 0.5) is 0 Å². The first-order valence-electron chi connectivity index (χ1n) is 6.05. The van der Waals surface area contributed by atoms with E-state index in [9.17, 15) is 9.59 Å². The molecule has 0 saturated carbocycles. The quantitative estimate of drug-likeness (QED) is 0.721. The van der Waals surface area contributed by atoms with Gasteiger partial charge in [-0.3, -0.25) is 0 Å². The van der Waals surface area contributed by atoms with E-state index < -0.39 is 11.9 Å². The van der Waals surface area contributed by atoms with E-state index in [2.05, 4.69) is 15.0 Å². The molecule has 0 N–H and O–H groups in total. The Morgan fingerprint density at radius 1 is 1.04 bits per heavy atom. The summed E-state index contributed by atoms with van der Waals surface area (Å²) >= 11 is 6.28. The van der Waals surface area contributed by atoms with Crippen LogP contribution in [0, 0.1) is 0 Å². The molecule has 3 heterocycles. The molecule has 1 aromatic heterocycles. The van der Waals surface area contributed by atoms with Crippen LogP contribution in [-0.4, -0.2) is 41.2 Å². The third kappa shape index (κ3) is 3.18. The van der Waals surface area contributed by atoms with Crippen LogP contribution in [0.3, 0.4) is 0 Å². The molecule has 0 aromatic carbocycles. The van der Waals surface area contributed by atoms with E-state index in [1.807, 2.05) is 16.2 Å². The monoisotopic (exact) mass is 387 g/mol. The maximum Gasteiger partial charge on any atom is 0.361 e. The summed E-state index contributed by atoms with van der Waals surface area (Å²) in [5.74, 6) is -1.44. The minimum absolute atomic E-state index is 0.0465. The van der Waals surface area contributed by atoms with Gasteiger partial charge in [0, 0.05) is 5.41 Å². The fourth-order valence-electron chi connectivity index (χ4n) is 1.68. The summed E-state index contributed by atoms with van der Waals surface area (Å²) in [5.41, 5.74) is -0.215. The lowest BCUT2D eigenvalue weighted by atomic mass is 10.3. The molecule has 0 atom stereocenters. The summed E-state index contributed by atoms with van der Waals surface area (Å²) in [6.45, 7) is 0. The largest absolute Gasteiger partial charge is 0.464 e. The van der Waals surface area contributed by atoms with E-state index in [0.29, 0.717) is 5.03 Å². The molecule has 0 saturated heterocycles. The highest BCUT2D eigenvalue weighted by Crippen LogP contribution is 2.54. The Hall–Kier alpha value is -1.30. The predicted molar refractivity (Wildman–Crippen MR) is 93.5 cm³/mol. The van der Waals surface area contributed by atoms with Gasteiger partial charge in [-0.05, 0) is 10.8 Å². The van der Waals surface area contributed by atoms with Gasteiger partial charge in [0.05, 0.1) is 22.7 Å². The molecular weight excluding hydrogens is 378 g/mol. The van der Waals surface area contributed by atoms with E-state index in [-0.39, 0.29) is 11.4 Å². The van der Waals surface area contributed by atoms with Crippen molar-refractivity contribution in [1.29, 1.82) is 0 Å². The van der Waals surface area contributed by atoms with Gasteiger partial charge in [0.2, 0.25) is 5.69 Å². The summed E-state index contributed by atoms with van der Waals surface area (Å²) in [6.07, 6.45) is 0. The first kappa shape index (κ1) is 16.6. The summed E-state index contributed by atoms with van der Waals surface area (Å²) in [5, 5.41) is 14.2. The van der Waals surface area contributed by atoms with Gasteiger partial charge < -0.3 is 9.47 Å². The molecule has 0 amide bonds. The number of ether oxygens (including phenoxy) is 2. The Morgan fingerprint density at radius 2 is 1.74 bits per heavy atom. The highest BCUT2D eigenvalue weighted by Gasteiger charge is 2.31. The molecule has 0 spiro atoms. The zero-order valence-electron chi connectivity index (χ0n) is 11.8. The fraction of sp³-hybridized carbons (Fsp3) is 0.167. The standard InChI is InChI=1S/C12H9N3O4S4/c1-18-9(16)7-8(10(17)19-2)15(14-13-7)6-5-22-12(23-6)11-20-3-4-21-11/h3-5H,1-2H3. The van der Waals surface area contributed by atoms with Gasteiger partial charge in [0.15, 0.2) is 5.69 Å². The normalized spacial score (nSPS) is 16.7. The molecule has 0 bridgehead atoms. The zero-order chi connectivity index (χ0) is 16.4. The molecule has 23 heavy (non-hydrogen) atoms. The second kappa shape index (κ2) is 7.07. The highest BCUT2D eigenvalue weighted by atomic mass is 32.2. The molecule has 120 valence electrons. The van der Waals surface area contributed by atoms with Crippen molar-refractivity contribution in [2.75, 3.05) is 14.2 Å². The number of hydrogen-bond donors (Lipinski definition) is 0. The number of esters is 2. The summed E-state index contributed by atoms with van der Waals surface area (Å²) in [7, 11) is 2.45. The molecule has 3 rings (SSSR count). The number of nitrogens with zero attached hydrogens (tertiary/aromatic N) is 3. The SMILES string of the molecule is COC(=O)c1nnn(C2=CSC(=C3SC=CS3)S2)c1C(=O)OC. The third-order valence-electron chi connectivity index (χ3n) is 2.67. The van der Waals surface area contributed by atoms with Crippen LogP contribution in [0.5, 0.6) is 0 Å². The minimum Gasteiger partial charge on any atom is -0.464 e. The van der Waals surface area contributed by atoms with Crippen LogP contribution >= 0.6 is 47.0 Å². The van der Waals surface area contributed by atoms with Crippen molar-refractivity contribution >= 4 is 64.0 Å². The fourth-order valence-corrected chi connectivity index (χ4v) is 6.06. The maximum absolute atomic E-state index is 12.0. The van der Waals surface area contributed by atoms with Crippen molar-refractivity contribution < 1.29 is 19.1 Å². The summed E-state index contributed by atoms with van der Waals surface area (Å²) < 4.78 is 12.9. The van der Waals surface area contributed by atoms with Gasteiger partial charge in [-0.1, -0.05) is 52.3 Å². The van der Waals surface area contributed by atoms with Crippen molar-refractivity contribution in [2.24, 2.45) is 0 Å². The summed E-state index contributed by atoms with van der Waals surface area (Å²) in [6, 6.07) is 0. The first-order chi connectivity index (χ1) is 11.2. The van der Waals surface area contributed by atoms with E-state index in [0.717, 1.165) is 4.24 Å². The number of carbonyl (C=O) groups is 2. The van der Waals surface area contributed by atoms with Crippen LogP contribution in [0.1, 0.15) is 21.0 Å². The van der Waals surface area contributed by atoms with Gasteiger partial charge in [-0.15, -0.1) is 5.10 Å². The molecular formula is C12H9N3O4S4. The van der Waals surface area contributed by atoms with Gasteiger partial charge in [-0.2, -0.15) is 4.68 Å². The molecule has 2 aliphatic rings. The minimum atomic E-state index is -0.738. The van der Waals surface area contributed by atoms with Gasteiger partial charge >= 0.3 is 11.9 Å². The van der Waals surface area contributed by atoms with Crippen LogP contribution in [0.25, 0.3) is 5.03 Å².